The molecule has 1 amide bonds. The molecule has 7 heteroatoms. The lowest BCUT2D eigenvalue weighted by atomic mass is 10.1. The maximum atomic E-state index is 12.3. The molecule has 0 saturated carbocycles. The maximum absolute atomic E-state index is 12.3. The zero-order valence-corrected chi connectivity index (χ0v) is 17.6. The maximum Gasteiger partial charge on any atom is 0.244 e. The fourth-order valence-electron chi connectivity index (χ4n) is 3.35. The van der Waals surface area contributed by atoms with Gasteiger partial charge in [-0.3, -0.25) is 9.48 Å². The number of hydrogen-bond acceptors (Lipinski definition) is 4. The van der Waals surface area contributed by atoms with Crippen LogP contribution in [0.15, 0.2) is 48.5 Å². The molecule has 1 aromatic heterocycles. The van der Waals surface area contributed by atoms with Crippen LogP contribution in [0.25, 0.3) is 6.08 Å². The molecule has 6 nitrogen and oxygen atoms in total. The Kier molecular flexibility index (Phi) is 5.77. The van der Waals surface area contributed by atoms with Crippen LogP contribution in [0.2, 0.25) is 5.02 Å². The zero-order chi connectivity index (χ0) is 21.1. The summed E-state index contributed by atoms with van der Waals surface area (Å²) in [5, 5.41) is 8.20. The number of nitrogens with one attached hydrogen (secondary N) is 1. The normalized spacial score (nSPS) is 12.5. The van der Waals surface area contributed by atoms with Crippen LogP contribution in [0, 0.1) is 13.8 Å². The fraction of sp³-hybridized carbons (Fsp3) is 0.217. The molecule has 3 aromatic rings. The van der Waals surface area contributed by atoms with E-state index in [4.69, 9.17) is 21.1 Å². The topological polar surface area (TPSA) is 65.4 Å². The monoisotopic (exact) mass is 423 g/mol. The molecule has 0 saturated heterocycles. The molecule has 154 valence electrons. The third-order valence-corrected chi connectivity index (χ3v) is 5.39. The second-order valence-electron chi connectivity index (χ2n) is 7.07. The van der Waals surface area contributed by atoms with E-state index in [1.165, 1.54) is 6.08 Å². The number of halogens is 1. The zero-order valence-electron chi connectivity index (χ0n) is 16.8. The number of rotatable bonds is 6. The highest BCUT2D eigenvalue weighted by molar-refractivity contribution is 6.31. The summed E-state index contributed by atoms with van der Waals surface area (Å²) in [6, 6.07) is 13.3. The van der Waals surface area contributed by atoms with E-state index in [1.54, 1.807) is 6.08 Å². The summed E-state index contributed by atoms with van der Waals surface area (Å²) in [5.74, 6) is 1.25. The van der Waals surface area contributed by atoms with Crippen molar-refractivity contribution in [3.05, 3.63) is 81.6 Å². The van der Waals surface area contributed by atoms with E-state index in [0.29, 0.717) is 23.9 Å². The van der Waals surface area contributed by atoms with E-state index in [-0.39, 0.29) is 12.7 Å². The summed E-state index contributed by atoms with van der Waals surface area (Å²) in [6.07, 6.45) is 3.33. The van der Waals surface area contributed by atoms with E-state index in [0.717, 1.165) is 33.8 Å². The van der Waals surface area contributed by atoms with Crippen LogP contribution in [0.4, 0.5) is 0 Å². The smallest absolute Gasteiger partial charge is 0.244 e. The van der Waals surface area contributed by atoms with Crippen molar-refractivity contribution in [1.82, 2.24) is 15.1 Å². The second kappa shape index (κ2) is 8.63. The Morgan fingerprint density at radius 1 is 1.20 bits per heavy atom. The first-order valence-electron chi connectivity index (χ1n) is 9.63. The summed E-state index contributed by atoms with van der Waals surface area (Å²) >= 11 is 6.27. The summed E-state index contributed by atoms with van der Waals surface area (Å²) < 4.78 is 12.6. The van der Waals surface area contributed by atoms with E-state index in [1.807, 2.05) is 61.0 Å². The molecule has 1 aliphatic heterocycles. The van der Waals surface area contributed by atoms with Gasteiger partial charge in [-0.15, -0.1) is 0 Å². The molecule has 4 rings (SSSR count). The summed E-state index contributed by atoms with van der Waals surface area (Å²) in [7, 11) is 0. The van der Waals surface area contributed by atoms with Gasteiger partial charge >= 0.3 is 0 Å². The number of carbonyl (C=O) groups excluding carboxylic acids is 1. The van der Waals surface area contributed by atoms with Crippen LogP contribution in [0.3, 0.4) is 0 Å². The molecule has 30 heavy (non-hydrogen) atoms. The first-order chi connectivity index (χ1) is 14.5. The number of ether oxygens (including phenoxy) is 2. The quantitative estimate of drug-likeness (QED) is 0.601. The van der Waals surface area contributed by atoms with Gasteiger partial charge in [0.1, 0.15) is 0 Å². The van der Waals surface area contributed by atoms with Crippen molar-refractivity contribution in [2.75, 3.05) is 6.79 Å². The van der Waals surface area contributed by atoms with Gasteiger partial charge in [-0.2, -0.15) is 5.10 Å². The Morgan fingerprint density at radius 2 is 2.00 bits per heavy atom. The van der Waals surface area contributed by atoms with Crippen LogP contribution in [0.1, 0.15) is 28.1 Å². The lowest BCUT2D eigenvalue weighted by molar-refractivity contribution is -0.116. The minimum absolute atomic E-state index is 0.176. The van der Waals surface area contributed by atoms with E-state index < -0.39 is 0 Å². The lowest BCUT2D eigenvalue weighted by Crippen LogP contribution is -2.20. The number of hydrogen-bond donors (Lipinski definition) is 1. The van der Waals surface area contributed by atoms with Crippen LogP contribution < -0.4 is 14.8 Å². The van der Waals surface area contributed by atoms with Crippen LogP contribution >= 0.6 is 11.6 Å². The van der Waals surface area contributed by atoms with Gasteiger partial charge in [0.25, 0.3) is 0 Å². The first kappa shape index (κ1) is 20.0. The van der Waals surface area contributed by atoms with Crippen molar-refractivity contribution in [1.29, 1.82) is 0 Å². The Labute approximate surface area is 180 Å². The minimum atomic E-state index is -0.176. The standard InChI is InChI=1S/C23H22ClN3O3/c1-15-19(16(2)27(26-15)13-18-5-3-4-6-20(18)24)8-10-23(28)25-12-17-7-9-21-22(11-17)30-14-29-21/h3-11H,12-14H2,1-2H3,(H,25,28)/b10-8+. The third-order valence-electron chi connectivity index (χ3n) is 5.02. The Hall–Kier alpha value is -3.25. The van der Waals surface area contributed by atoms with Crippen molar-refractivity contribution >= 4 is 23.6 Å². The highest BCUT2D eigenvalue weighted by Crippen LogP contribution is 2.32. The molecule has 0 radical (unpaired) electrons. The van der Waals surface area contributed by atoms with E-state index in [9.17, 15) is 4.79 Å². The van der Waals surface area contributed by atoms with Gasteiger partial charge in [0, 0.05) is 28.9 Å². The molecule has 0 aliphatic carbocycles. The number of carbonyl (C=O) groups is 1. The predicted molar refractivity (Wildman–Crippen MR) is 116 cm³/mol. The molecule has 2 heterocycles. The molecule has 0 fully saturated rings. The van der Waals surface area contributed by atoms with Crippen molar-refractivity contribution in [2.24, 2.45) is 0 Å². The number of fused-ring (bicyclic) bond motifs is 1. The van der Waals surface area contributed by atoms with Crippen LogP contribution in [-0.2, 0) is 17.9 Å². The SMILES string of the molecule is Cc1nn(Cc2ccccc2Cl)c(C)c1/C=C/C(=O)NCc1ccc2c(c1)OCO2. The molecule has 0 unspecified atom stereocenters. The minimum Gasteiger partial charge on any atom is -0.454 e. The van der Waals surface area contributed by atoms with Gasteiger partial charge in [-0.25, -0.2) is 0 Å². The van der Waals surface area contributed by atoms with Crippen molar-refractivity contribution < 1.29 is 14.3 Å². The number of aromatic nitrogens is 2. The van der Waals surface area contributed by atoms with Gasteiger partial charge in [-0.05, 0) is 49.2 Å². The summed E-state index contributed by atoms with van der Waals surface area (Å²) in [5.41, 5.74) is 4.72. The largest absolute Gasteiger partial charge is 0.454 e. The Morgan fingerprint density at radius 3 is 2.83 bits per heavy atom. The number of nitrogens with zero attached hydrogens (tertiary/aromatic N) is 2. The summed E-state index contributed by atoms with van der Waals surface area (Å²) in [6.45, 7) is 5.14. The molecular weight excluding hydrogens is 402 g/mol. The van der Waals surface area contributed by atoms with E-state index >= 15 is 0 Å². The number of amides is 1. The predicted octanol–water partition coefficient (Wildman–Crippen LogP) is 4.26. The van der Waals surface area contributed by atoms with Crippen LogP contribution in [-0.4, -0.2) is 22.5 Å². The van der Waals surface area contributed by atoms with Crippen LogP contribution in [0.5, 0.6) is 11.5 Å². The molecule has 0 atom stereocenters. The highest BCUT2D eigenvalue weighted by atomic mass is 35.5. The fourth-order valence-corrected chi connectivity index (χ4v) is 3.55. The van der Waals surface area contributed by atoms with Crippen molar-refractivity contribution in [3.63, 3.8) is 0 Å². The summed E-state index contributed by atoms with van der Waals surface area (Å²) in [4.78, 5) is 12.3. The molecular formula is C23H22ClN3O3. The molecule has 2 aromatic carbocycles. The van der Waals surface area contributed by atoms with Gasteiger partial charge in [0.05, 0.1) is 12.2 Å². The highest BCUT2D eigenvalue weighted by Gasteiger charge is 2.14. The second-order valence-corrected chi connectivity index (χ2v) is 7.48. The lowest BCUT2D eigenvalue weighted by Gasteiger charge is -2.06. The molecule has 1 aliphatic rings. The average Bonchev–Trinajstić information content (AvgIpc) is 3.30. The Balaban J connectivity index is 1.40. The third kappa shape index (κ3) is 4.33. The Bertz CT molecular complexity index is 1120. The van der Waals surface area contributed by atoms with Gasteiger partial charge in [-0.1, -0.05) is 35.9 Å². The molecule has 0 bridgehead atoms. The average molecular weight is 424 g/mol. The number of benzene rings is 2. The van der Waals surface area contributed by atoms with Crippen molar-refractivity contribution in [2.45, 2.75) is 26.9 Å². The molecule has 0 spiro atoms. The van der Waals surface area contributed by atoms with Gasteiger partial charge in [0.2, 0.25) is 12.7 Å². The van der Waals surface area contributed by atoms with Crippen molar-refractivity contribution in [3.8, 4) is 11.5 Å². The van der Waals surface area contributed by atoms with Gasteiger partial charge in [0.15, 0.2) is 11.5 Å². The van der Waals surface area contributed by atoms with E-state index in [2.05, 4.69) is 10.4 Å². The first-order valence-corrected chi connectivity index (χ1v) is 10.0. The molecule has 1 N–H and O–H groups in total. The van der Waals surface area contributed by atoms with Gasteiger partial charge < -0.3 is 14.8 Å². The number of aryl methyl sites for hydroxylation is 1.